The lowest BCUT2D eigenvalue weighted by Crippen LogP contribution is -2.04. The number of aryl methyl sites for hydroxylation is 1. The van der Waals surface area contributed by atoms with Gasteiger partial charge in [0.15, 0.2) is 5.13 Å². The quantitative estimate of drug-likeness (QED) is 0.780. The monoisotopic (exact) mass is 277 g/mol. The number of carbonyl (C=O) groups is 1. The third-order valence-corrected chi connectivity index (χ3v) is 3.57. The van der Waals surface area contributed by atoms with Crippen LogP contribution in [0.15, 0.2) is 24.3 Å². The average Bonchev–Trinajstić information content (AvgIpc) is 2.70. The Kier molecular flexibility index (Phi) is 4.13. The van der Waals surface area contributed by atoms with Gasteiger partial charge in [0, 0.05) is 17.1 Å². The lowest BCUT2D eigenvalue weighted by molar-refractivity contribution is -0.136. The molecule has 2 rings (SSSR count). The van der Waals surface area contributed by atoms with Crippen molar-refractivity contribution in [2.24, 2.45) is 5.73 Å². The molecule has 100 valence electrons. The number of aliphatic carboxylic acids is 1. The van der Waals surface area contributed by atoms with Gasteiger partial charge in [-0.15, -0.1) is 11.3 Å². The molecule has 0 aliphatic carbocycles. The molecule has 0 fully saturated rings. The Morgan fingerprint density at radius 2 is 2.32 bits per heavy atom. The lowest BCUT2D eigenvalue weighted by Gasteiger charge is -2.02. The molecule has 6 heteroatoms. The Morgan fingerprint density at radius 3 is 2.95 bits per heavy atom. The molecule has 0 saturated heterocycles. The van der Waals surface area contributed by atoms with Gasteiger partial charge in [-0.1, -0.05) is 12.1 Å². The van der Waals surface area contributed by atoms with Gasteiger partial charge in [-0.25, -0.2) is 4.98 Å². The van der Waals surface area contributed by atoms with Gasteiger partial charge in [0.1, 0.15) is 0 Å². The van der Waals surface area contributed by atoms with Crippen molar-refractivity contribution < 1.29 is 9.90 Å². The summed E-state index contributed by atoms with van der Waals surface area (Å²) in [4.78, 5) is 15.8. The summed E-state index contributed by atoms with van der Waals surface area (Å²) in [6.45, 7) is 2.25. The van der Waals surface area contributed by atoms with E-state index >= 15 is 0 Å². The van der Waals surface area contributed by atoms with Gasteiger partial charge in [-0.05, 0) is 24.6 Å². The zero-order valence-corrected chi connectivity index (χ0v) is 11.3. The molecule has 2 aromatic rings. The first-order chi connectivity index (χ1) is 9.08. The van der Waals surface area contributed by atoms with Crippen LogP contribution < -0.4 is 11.1 Å². The Bertz CT molecular complexity index is 595. The number of carboxylic acids is 1. The van der Waals surface area contributed by atoms with Crippen molar-refractivity contribution in [3.63, 3.8) is 0 Å². The fourth-order valence-corrected chi connectivity index (χ4v) is 2.72. The van der Waals surface area contributed by atoms with Gasteiger partial charge >= 0.3 is 5.97 Å². The van der Waals surface area contributed by atoms with Gasteiger partial charge in [0.05, 0.1) is 12.1 Å². The Hall–Kier alpha value is -1.92. The second-order valence-corrected chi connectivity index (χ2v) is 5.24. The average molecular weight is 277 g/mol. The van der Waals surface area contributed by atoms with E-state index in [1.165, 1.54) is 11.3 Å². The second kappa shape index (κ2) is 5.81. The summed E-state index contributed by atoms with van der Waals surface area (Å²) in [6, 6.07) is 7.90. The van der Waals surface area contributed by atoms with Crippen molar-refractivity contribution >= 4 is 28.1 Å². The highest BCUT2D eigenvalue weighted by Gasteiger charge is 2.13. The molecule has 0 amide bonds. The highest BCUT2D eigenvalue weighted by atomic mass is 32.1. The SMILES string of the molecule is Cc1cccc(Nc2nc(CN)c(CC(=O)O)s2)c1. The van der Waals surface area contributed by atoms with E-state index in [4.69, 9.17) is 10.8 Å². The number of nitrogens with zero attached hydrogens (tertiary/aromatic N) is 1. The number of hydrogen-bond donors (Lipinski definition) is 3. The Balaban J connectivity index is 2.21. The largest absolute Gasteiger partial charge is 0.481 e. The zero-order chi connectivity index (χ0) is 13.8. The summed E-state index contributed by atoms with van der Waals surface area (Å²) in [5.74, 6) is -0.875. The van der Waals surface area contributed by atoms with Gasteiger partial charge < -0.3 is 16.2 Å². The first-order valence-corrected chi connectivity index (χ1v) is 6.64. The highest BCUT2D eigenvalue weighted by Crippen LogP contribution is 2.26. The van der Waals surface area contributed by atoms with Crippen LogP contribution in [0, 0.1) is 6.92 Å². The van der Waals surface area contributed by atoms with Crippen LogP contribution in [0.5, 0.6) is 0 Å². The van der Waals surface area contributed by atoms with Crippen LogP contribution >= 0.6 is 11.3 Å². The van der Waals surface area contributed by atoms with Crippen molar-refractivity contribution in [3.05, 3.63) is 40.4 Å². The van der Waals surface area contributed by atoms with Crippen LogP contribution in [-0.4, -0.2) is 16.1 Å². The van der Waals surface area contributed by atoms with Crippen molar-refractivity contribution in [2.75, 3.05) is 5.32 Å². The van der Waals surface area contributed by atoms with Crippen molar-refractivity contribution in [1.82, 2.24) is 4.98 Å². The summed E-state index contributed by atoms with van der Waals surface area (Å²) in [6.07, 6.45) is -0.0420. The maximum Gasteiger partial charge on any atom is 0.308 e. The van der Waals surface area contributed by atoms with E-state index in [9.17, 15) is 4.79 Å². The van der Waals surface area contributed by atoms with Crippen LogP contribution in [0.2, 0.25) is 0 Å². The Labute approximate surface area is 115 Å². The van der Waals surface area contributed by atoms with E-state index in [1.807, 2.05) is 31.2 Å². The first kappa shape index (κ1) is 13.5. The number of thiazole rings is 1. The van der Waals surface area contributed by atoms with Crippen LogP contribution in [0.4, 0.5) is 10.8 Å². The third kappa shape index (κ3) is 3.52. The molecule has 4 N–H and O–H groups in total. The normalized spacial score (nSPS) is 10.4. The number of nitrogens with two attached hydrogens (primary N) is 1. The fourth-order valence-electron chi connectivity index (χ4n) is 1.72. The molecular weight excluding hydrogens is 262 g/mol. The molecule has 0 aliphatic heterocycles. The van der Waals surface area contributed by atoms with Crippen LogP contribution in [-0.2, 0) is 17.8 Å². The minimum absolute atomic E-state index is 0.0420. The number of carboxylic acid groups (broad SMARTS) is 1. The molecule has 0 saturated carbocycles. The molecule has 0 aliphatic rings. The number of benzene rings is 1. The van der Waals surface area contributed by atoms with Crippen LogP contribution in [0.25, 0.3) is 0 Å². The summed E-state index contributed by atoms with van der Waals surface area (Å²) in [7, 11) is 0. The van der Waals surface area contributed by atoms with E-state index in [1.54, 1.807) is 0 Å². The van der Waals surface area contributed by atoms with E-state index in [2.05, 4.69) is 10.3 Å². The molecule has 0 spiro atoms. The number of hydrogen-bond acceptors (Lipinski definition) is 5. The first-order valence-electron chi connectivity index (χ1n) is 5.82. The molecule has 0 atom stereocenters. The van der Waals surface area contributed by atoms with Gasteiger partial charge in [0.2, 0.25) is 0 Å². The zero-order valence-electron chi connectivity index (χ0n) is 10.5. The molecule has 0 bridgehead atoms. The maximum absolute atomic E-state index is 10.8. The predicted molar refractivity (Wildman–Crippen MR) is 75.8 cm³/mol. The predicted octanol–water partition coefficient (Wildman–Crippen LogP) is 2.28. The number of anilines is 2. The Morgan fingerprint density at radius 1 is 1.53 bits per heavy atom. The van der Waals surface area contributed by atoms with Gasteiger partial charge in [-0.2, -0.15) is 0 Å². The van der Waals surface area contributed by atoms with Crippen molar-refractivity contribution in [3.8, 4) is 0 Å². The second-order valence-electron chi connectivity index (χ2n) is 4.16. The highest BCUT2D eigenvalue weighted by molar-refractivity contribution is 7.15. The minimum atomic E-state index is -0.875. The van der Waals surface area contributed by atoms with Crippen molar-refractivity contribution in [1.29, 1.82) is 0 Å². The van der Waals surface area contributed by atoms with Crippen molar-refractivity contribution in [2.45, 2.75) is 19.9 Å². The molecule has 1 aromatic heterocycles. The molecule has 0 unspecified atom stereocenters. The number of aromatic nitrogens is 1. The minimum Gasteiger partial charge on any atom is -0.481 e. The molecule has 0 radical (unpaired) electrons. The van der Waals surface area contributed by atoms with Crippen LogP contribution in [0.1, 0.15) is 16.1 Å². The van der Waals surface area contributed by atoms with E-state index < -0.39 is 5.97 Å². The third-order valence-electron chi connectivity index (χ3n) is 2.55. The van der Waals surface area contributed by atoms with Crippen LogP contribution in [0.3, 0.4) is 0 Å². The summed E-state index contributed by atoms with van der Waals surface area (Å²) in [5.41, 5.74) is 8.30. The molecule has 1 heterocycles. The number of nitrogens with one attached hydrogen (secondary N) is 1. The van der Waals surface area contributed by atoms with E-state index in [-0.39, 0.29) is 13.0 Å². The number of rotatable bonds is 5. The van der Waals surface area contributed by atoms with Gasteiger partial charge in [-0.3, -0.25) is 4.79 Å². The molecule has 19 heavy (non-hydrogen) atoms. The summed E-state index contributed by atoms with van der Waals surface area (Å²) in [5, 5.41) is 12.7. The maximum atomic E-state index is 10.8. The van der Waals surface area contributed by atoms with E-state index in [0.29, 0.717) is 15.7 Å². The topological polar surface area (TPSA) is 88.2 Å². The summed E-state index contributed by atoms with van der Waals surface area (Å²) >= 11 is 1.33. The standard InChI is InChI=1S/C13H15N3O2S/c1-8-3-2-4-9(5-8)15-13-16-10(7-14)11(19-13)6-12(17)18/h2-5H,6-7,14H2,1H3,(H,15,16)(H,17,18). The molecular formula is C13H15N3O2S. The summed E-state index contributed by atoms with van der Waals surface area (Å²) < 4.78 is 0. The van der Waals surface area contributed by atoms with E-state index in [0.717, 1.165) is 11.3 Å². The fraction of sp³-hybridized carbons (Fsp3) is 0.231. The smallest absolute Gasteiger partial charge is 0.308 e. The lowest BCUT2D eigenvalue weighted by atomic mass is 10.2. The molecule has 1 aromatic carbocycles. The molecule has 5 nitrogen and oxygen atoms in total. The van der Waals surface area contributed by atoms with Gasteiger partial charge in [0.25, 0.3) is 0 Å².